The number of benzene rings is 1. The van der Waals surface area contributed by atoms with Gasteiger partial charge in [-0.1, -0.05) is 12.1 Å². The first-order valence-electron chi connectivity index (χ1n) is 7.00. The van der Waals surface area contributed by atoms with Gasteiger partial charge < -0.3 is 5.73 Å². The predicted molar refractivity (Wildman–Crippen MR) is 73.1 cm³/mol. The van der Waals surface area contributed by atoms with E-state index in [0.29, 0.717) is 12.5 Å². The van der Waals surface area contributed by atoms with Crippen molar-refractivity contribution in [1.82, 2.24) is 4.90 Å². The van der Waals surface area contributed by atoms with Crippen molar-refractivity contribution in [1.29, 1.82) is 0 Å². The van der Waals surface area contributed by atoms with Crippen LogP contribution in [0.1, 0.15) is 30.9 Å². The van der Waals surface area contributed by atoms with E-state index in [2.05, 4.69) is 4.90 Å². The van der Waals surface area contributed by atoms with E-state index in [-0.39, 0.29) is 6.04 Å². The molecule has 2 N–H and O–H groups in total. The van der Waals surface area contributed by atoms with Crippen molar-refractivity contribution >= 4 is 0 Å². The van der Waals surface area contributed by atoms with Crippen LogP contribution in [0.5, 0.6) is 0 Å². The Morgan fingerprint density at radius 1 is 1.30 bits per heavy atom. The third-order valence-corrected chi connectivity index (χ3v) is 3.97. The molecule has 0 amide bonds. The molecule has 0 radical (unpaired) electrons. The summed E-state index contributed by atoms with van der Waals surface area (Å²) >= 11 is 0. The molecular formula is C15H21F3N2. The molecule has 1 aromatic carbocycles. The number of hydrogen-bond acceptors (Lipinski definition) is 2. The van der Waals surface area contributed by atoms with Crippen LogP contribution in [0, 0.1) is 5.92 Å². The first-order chi connectivity index (χ1) is 9.36. The van der Waals surface area contributed by atoms with Gasteiger partial charge in [-0.15, -0.1) is 0 Å². The van der Waals surface area contributed by atoms with E-state index in [1.807, 2.05) is 6.92 Å². The summed E-state index contributed by atoms with van der Waals surface area (Å²) in [5.74, 6) is 0.484. The predicted octanol–water partition coefficient (Wildman–Crippen LogP) is 3.26. The summed E-state index contributed by atoms with van der Waals surface area (Å²) in [5.41, 5.74) is 6.27. The van der Waals surface area contributed by atoms with Crippen LogP contribution in [0.4, 0.5) is 13.2 Å². The summed E-state index contributed by atoms with van der Waals surface area (Å²) in [6.45, 7) is 4.64. The molecule has 0 spiro atoms. The van der Waals surface area contributed by atoms with Crippen LogP contribution < -0.4 is 5.73 Å². The zero-order valence-electron chi connectivity index (χ0n) is 11.7. The summed E-state index contributed by atoms with van der Waals surface area (Å²) in [5, 5.41) is 0. The number of nitrogens with zero attached hydrogens (tertiary/aromatic N) is 1. The van der Waals surface area contributed by atoms with Crippen molar-refractivity contribution < 1.29 is 13.2 Å². The Morgan fingerprint density at radius 3 is 2.50 bits per heavy atom. The quantitative estimate of drug-likeness (QED) is 0.924. The molecule has 1 saturated heterocycles. The Labute approximate surface area is 117 Å². The first-order valence-corrected chi connectivity index (χ1v) is 7.00. The van der Waals surface area contributed by atoms with Crippen molar-refractivity contribution in [2.24, 2.45) is 11.7 Å². The highest BCUT2D eigenvalue weighted by Crippen LogP contribution is 2.29. The van der Waals surface area contributed by atoms with Crippen molar-refractivity contribution in [3.63, 3.8) is 0 Å². The van der Waals surface area contributed by atoms with Gasteiger partial charge in [0.05, 0.1) is 5.56 Å². The van der Waals surface area contributed by atoms with E-state index in [4.69, 9.17) is 5.73 Å². The molecule has 2 rings (SSSR count). The first kappa shape index (κ1) is 15.3. The smallest absolute Gasteiger partial charge is 0.328 e. The van der Waals surface area contributed by atoms with Crippen LogP contribution in [-0.2, 0) is 12.7 Å². The largest absolute Gasteiger partial charge is 0.416 e. The number of nitrogens with two attached hydrogens (primary N) is 1. The van der Waals surface area contributed by atoms with E-state index in [9.17, 15) is 13.2 Å². The molecular weight excluding hydrogens is 265 g/mol. The fourth-order valence-corrected chi connectivity index (χ4v) is 2.72. The minimum atomic E-state index is -4.26. The molecule has 112 valence electrons. The topological polar surface area (TPSA) is 29.3 Å². The lowest BCUT2D eigenvalue weighted by molar-refractivity contribution is -0.137. The van der Waals surface area contributed by atoms with Gasteiger partial charge in [0.1, 0.15) is 0 Å². The van der Waals surface area contributed by atoms with E-state index < -0.39 is 11.7 Å². The Bertz CT molecular complexity index is 426. The minimum Gasteiger partial charge on any atom is -0.328 e. The highest BCUT2D eigenvalue weighted by atomic mass is 19.4. The number of hydrogen-bond donors (Lipinski definition) is 1. The van der Waals surface area contributed by atoms with Crippen LogP contribution in [0.3, 0.4) is 0 Å². The maximum atomic E-state index is 12.5. The average Bonchev–Trinajstić information content (AvgIpc) is 2.38. The highest BCUT2D eigenvalue weighted by Gasteiger charge is 2.30. The molecule has 1 aromatic rings. The summed E-state index contributed by atoms with van der Waals surface area (Å²) in [6, 6.07) is 5.62. The van der Waals surface area contributed by atoms with Crippen LogP contribution in [0.25, 0.3) is 0 Å². The summed E-state index contributed by atoms with van der Waals surface area (Å²) in [7, 11) is 0. The molecule has 0 aliphatic carbocycles. The van der Waals surface area contributed by atoms with E-state index in [1.54, 1.807) is 12.1 Å². The molecule has 2 nitrogen and oxygen atoms in total. The molecule has 2 unspecified atom stereocenters. The lowest BCUT2D eigenvalue weighted by atomic mass is 9.92. The third-order valence-electron chi connectivity index (χ3n) is 3.97. The molecule has 1 fully saturated rings. The highest BCUT2D eigenvalue weighted by molar-refractivity contribution is 5.24. The fraction of sp³-hybridized carbons (Fsp3) is 0.600. The van der Waals surface area contributed by atoms with E-state index >= 15 is 0 Å². The van der Waals surface area contributed by atoms with Gasteiger partial charge >= 0.3 is 6.18 Å². The van der Waals surface area contributed by atoms with Gasteiger partial charge in [-0.05, 0) is 49.9 Å². The minimum absolute atomic E-state index is 0.172. The average molecular weight is 286 g/mol. The third kappa shape index (κ3) is 3.96. The van der Waals surface area contributed by atoms with Crippen LogP contribution in [-0.4, -0.2) is 24.0 Å². The molecule has 0 aromatic heterocycles. The maximum Gasteiger partial charge on any atom is 0.416 e. The summed E-state index contributed by atoms with van der Waals surface area (Å²) in [4.78, 5) is 2.28. The summed E-state index contributed by atoms with van der Waals surface area (Å²) < 4.78 is 37.5. The lowest BCUT2D eigenvalue weighted by Crippen LogP contribution is -2.41. The van der Waals surface area contributed by atoms with Gasteiger partial charge in [0, 0.05) is 19.1 Å². The van der Waals surface area contributed by atoms with Gasteiger partial charge in [0.25, 0.3) is 0 Å². The number of halogens is 3. The number of alkyl halides is 3. The fourth-order valence-electron chi connectivity index (χ4n) is 2.72. The number of likely N-dealkylation sites (tertiary alicyclic amines) is 1. The lowest BCUT2D eigenvalue weighted by Gasteiger charge is -2.34. The van der Waals surface area contributed by atoms with Gasteiger partial charge in [0.2, 0.25) is 0 Å². The molecule has 1 aliphatic heterocycles. The van der Waals surface area contributed by atoms with Crippen molar-refractivity contribution in [3.8, 4) is 0 Å². The second-order valence-electron chi connectivity index (χ2n) is 5.69. The standard InChI is InChI=1S/C15H21F3N2/c1-11(19)13-3-2-8-20(10-13)9-12-4-6-14(7-5-12)15(16,17)18/h4-7,11,13H,2-3,8-10,19H2,1H3. The van der Waals surface area contributed by atoms with Crippen molar-refractivity contribution in [2.45, 2.75) is 38.5 Å². The SMILES string of the molecule is CC(N)C1CCCN(Cc2ccc(C(F)(F)F)cc2)C1. The maximum absolute atomic E-state index is 12.5. The zero-order chi connectivity index (χ0) is 14.8. The molecule has 0 bridgehead atoms. The van der Waals surface area contributed by atoms with Crippen LogP contribution >= 0.6 is 0 Å². The molecule has 2 atom stereocenters. The molecule has 5 heteroatoms. The van der Waals surface area contributed by atoms with Crippen LogP contribution in [0.15, 0.2) is 24.3 Å². The Balaban J connectivity index is 1.96. The molecule has 1 aliphatic rings. The second kappa shape index (κ2) is 6.14. The van der Waals surface area contributed by atoms with Crippen molar-refractivity contribution in [2.75, 3.05) is 13.1 Å². The van der Waals surface area contributed by atoms with Gasteiger partial charge in [-0.2, -0.15) is 13.2 Å². The van der Waals surface area contributed by atoms with Gasteiger partial charge in [0.15, 0.2) is 0 Å². The Hall–Kier alpha value is -1.07. The monoisotopic (exact) mass is 286 g/mol. The molecule has 20 heavy (non-hydrogen) atoms. The summed E-state index contributed by atoms with van der Waals surface area (Å²) in [6.07, 6.45) is -2.02. The number of rotatable bonds is 3. The molecule has 1 heterocycles. The zero-order valence-corrected chi connectivity index (χ0v) is 11.7. The number of piperidine rings is 1. The van der Waals surface area contributed by atoms with Crippen LogP contribution in [0.2, 0.25) is 0 Å². The van der Waals surface area contributed by atoms with Gasteiger partial charge in [-0.25, -0.2) is 0 Å². The Kier molecular flexibility index (Phi) is 4.70. The van der Waals surface area contributed by atoms with E-state index in [1.165, 1.54) is 0 Å². The molecule has 0 saturated carbocycles. The Morgan fingerprint density at radius 2 is 1.95 bits per heavy atom. The van der Waals surface area contributed by atoms with E-state index in [0.717, 1.165) is 43.6 Å². The van der Waals surface area contributed by atoms with Gasteiger partial charge in [-0.3, -0.25) is 4.90 Å². The normalized spacial score (nSPS) is 22.8. The second-order valence-corrected chi connectivity index (χ2v) is 5.69. The van der Waals surface area contributed by atoms with Crippen molar-refractivity contribution in [3.05, 3.63) is 35.4 Å².